The van der Waals surface area contributed by atoms with Gasteiger partial charge in [0.2, 0.25) is 5.91 Å². The predicted octanol–water partition coefficient (Wildman–Crippen LogP) is 3.03. The molecule has 3 unspecified atom stereocenters. The second kappa shape index (κ2) is 6.12. The molecule has 2 N–H and O–H groups in total. The topological polar surface area (TPSA) is 41.1 Å². The molecule has 3 atom stereocenters. The lowest BCUT2D eigenvalue weighted by molar-refractivity contribution is -0.126. The molecule has 1 aliphatic rings. The highest BCUT2D eigenvalue weighted by Crippen LogP contribution is 2.26. The molecular formula is C14H18Cl2N2O. The molecule has 0 aliphatic carbocycles. The number of halogens is 2. The Bertz CT molecular complexity index is 479. The van der Waals surface area contributed by atoms with E-state index in [1.807, 2.05) is 13.0 Å². The predicted molar refractivity (Wildman–Crippen MR) is 78.5 cm³/mol. The molecule has 0 aromatic heterocycles. The highest BCUT2D eigenvalue weighted by molar-refractivity contribution is 6.42. The summed E-state index contributed by atoms with van der Waals surface area (Å²) >= 11 is 11.9. The van der Waals surface area contributed by atoms with Crippen LogP contribution in [0, 0.1) is 11.8 Å². The van der Waals surface area contributed by atoms with Crippen molar-refractivity contribution < 1.29 is 4.79 Å². The van der Waals surface area contributed by atoms with E-state index in [9.17, 15) is 4.79 Å². The van der Waals surface area contributed by atoms with Gasteiger partial charge >= 0.3 is 0 Å². The number of hydrogen-bond donors (Lipinski definition) is 2. The van der Waals surface area contributed by atoms with Crippen LogP contribution in [0.5, 0.6) is 0 Å². The summed E-state index contributed by atoms with van der Waals surface area (Å²) in [6, 6.07) is 5.36. The van der Waals surface area contributed by atoms with Crippen molar-refractivity contribution in [2.45, 2.75) is 19.9 Å². The normalized spacial score (nSPS) is 24.2. The van der Waals surface area contributed by atoms with Crippen LogP contribution in [0.15, 0.2) is 18.2 Å². The molecule has 1 aromatic rings. The third kappa shape index (κ3) is 3.41. The second-order valence-electron chi connectivity index (χ2n) is 5.15. The molecule has 3 nitrogen and oxygen atoms in total. The Kier molecular flexibility index (Phi) is 4.71. The van der Waals surface area contributed by atoms with E-state index >= 15 is 0 Å². The van der Waals surface area contributed by atoms with E-state index in [1.54, 1.807) is 12.1 Å². The minimum absolute atomic E-state index is 0.0465. The SMILES string of the molecule is CC(NC(=O)C1CNCC1C)c1ccc(Cl)c(Cl)c1. The Hall–Kier alpha value is -0.770. The number of carbonyl (C=O) groups is 1. The Morgan fingerprint density at radius 2 is 2.11 bits per heavy atom. The average Bonchev–Trinajstić information content (AvgIpc) is 2.79. The van der Waals surface area contributed by atoms with Gasteiger partial charge in [0.15, 0.2) is 0 Å². The van der Waals surface area contributed by atoms with Crippen LogP contribution in [0.1, 0.15) is 25.5 Å². The molecule has 1 aromatic carbocycles. The zero-order chi connectivity index (χ0) is 14.0. The molecular weight excluding hydrogens is 283 g/mol. The van der Waals surface area contributed by atoms with Crippen LogP contribution >= 0.6 is 23.2 Å². The fourth-order valence-corrected chi connectivity index (χ4v) is 2.65. The molecule has 1 heterocycles. The molecule has 0 radical (unpaired) electrons. The first-order valence-electron chi connectivity index (χ1n) is 6.45. The van der Waals surface area contributed by atoms with Crippen LogP contribution in [-0.4, -0.2) is 19.0 Å². The molecule has 0 spiro atoms. The number of benzene rings is 1. The molecule has 0 bridgehead atoms. The van der Waals surface area contributed by atoms with Crippen molar-refractivity contribution in [2.24, 2.45) is 11.8 Å². The quantitative estimate of drug-likeness (QED) is 0.901. The van der Waals surface area contributed by atoms with Crippen molar-refractivity contribution in [3.8, 4) is 0 Å². The lowest BCUT2D eigenvalue weighted by Gasteiger charge is -2.19. The first-order chi connectivity index (χ1) is 8.99. The van der Waals surface area contributed by atoms with Crippen molar-refractivity contribution in [3.05, 3.63) is 33.8 Å². The van der Waals surface area contributed by atoms with Gasteiger partial charge in [-0.2, -0.15) is 0 Å². The lowest BCUT2D eigenvalue weighted by atomic mass is 9.96. The maximum atomic E-state index is 12.2. The van der Waals surface area contributed by atoms with E-state index in [0.29, 0.717) is 16.0 Å². The Balaban J connectivity index is 2.02. The van der Waals surface area contributed by atoms with E-state index in [-0.39, 0.29) is 17.9 Å². The first kappa shape index (κ1) is 14.6. The summed E-state index contributed by atoms with van der Waals surface area (Å²) < 4.78 is 0. The van der Waals surface area contributed by atoms with E-state index in [2.05, 4.69) is 17.6 Å². The molecule has 1 fully saturated rings. The summed E-state index contributed by atoms with van der Waals surface area (Å²) in [5.41, 5.74) is 0.960. The number of carbonyl (C=O) groups excluding carboxylic acids is 1. The van der Waals surface area contributed by atoms with Gasteiger partial charge < -0.3 is 10.6 Å². The lowest BCUT2D eigenvalue weighted by Crippen LogP contribution is -2.35. The molecule has 5 heteroatoms. The largest absolute Gasteiger partial charge is 0.349 e. The molecule has 1 amide bonds. The van der Waals surface area contributed by atoms with Crippen LogP contribution in [-0.2, 0) is 4.79 Å². The zero-order valence-electron chi connectivity index (χ0n) is 11.0. The number of hydrogen-bond acceptors (Lipinski definition) is 2. The standard InChI is InChI=1S/C14H18Cl2N2O/c1-8-6-17-7-11(8)14(19)18-9(2)10-3-4-12(15)13(16)5-10/h3-5,8-9,11,17H,6-7H2,1-2H3,(H,18,19). The third-order valence-electron chi connectivity index (χ3n) is 3.66. The smallest absolute Gasteiger partial charge is 0.225 e. The van der Waals surface area contributed by atoms with Gasteiger partial charge in [0.05, 0.1) is 22.0 Å². The van der Waals surface area contributed by atoms with Gasteiger partial charge in [-0.25, -0.2) is 0 Å². The highest BCUT2D eigenvalue weighted by Gasteiger charge is 2.30. The highest BCUT2D eigenvalue weighted by atomic mass is 35.5. The van der Waals surface area contributed by atoms with Gasteiger partial charge in [0, 0.05) is 6.54 Å². The Labute approximate surface area is 123 Å². The fraction of sp³-hybridized carbons (Fsp3) is 0.500. The first-order valence-corrected chi connectivity index (χ1v) is 7.20. The van der Waals surface area contributed by atoms with Gasteiger partial charge in [-0.15, -0.1) is 0 Å². The van der Waals surface area contributed by atoms with Gasteiger partial charge in [-0.3, -0.25) is 4.79 Å². The molecule has 0 saturated carbocycles. The summed E-state index contributed by atoms with van der Waals surface area (Å²) in [7, 11) is 0. The zero-order valence-corrected chi connectivity index (χ0v) is 12.6. The number of rotatable bonds is 3. The van der Waals surface area contributed by atoms with Crippen LogP contribution in [0.25, 0.3) is 0 Å². The number of amides is 1. The summed E-state index contributed by atoms with van der Waals surface area (Å²) in [6.45, 7) is 5.69. The van der Waals surface area contributed by atoms with Crippen molar-refractivity contribution in [1.82, 2.24) is 10.6 Å². The van der Waals surface area contributed by atoms with Crippen molar-refractivity contribution >= 4 is 29.1 Å². The third-order valence-corrected chi connectivity index (χ3v) is 4.40. The molecule has 19 heavy (non-hydrogen) atoms. The minimum Gasteiger partial charge on any atom is -0.349 e. The fourth-order valence-electron chi connectivity index (χ4n) is 2.35. The maximum Gasteiger partial charge on any atom is 0.225 e. The van der Waals surface area contributed by atoms with Crippen LogP contribution < -0.4 is 10.6 Å². The van der Waals surface area contributed by atoms with Crippen LogP contribution in [0.3, 0.4) is 0 Å². The van der Waals surface area contributed by atoms with Gasteiger partial charge in [0.1, 0.15) is 0 Å². The summed E-state index contributed by atoms with van der Waals surface area (Å²) in [5.74, 6) is 0.516. The Morgan fingerprint density at radius 1 is 1.37 bits per heavy atom. The summed E-state index contributed by atoms with van der Waals surface area (Å²) in [4.78, 5) is 12.2. The average molecular weight is 301 g/mol. The van der Waals surface area contributed by atoms with Crippen LogP contribution in [0.2, 0.25) is 10.0 Å². The molecule has 2 rings (SSSR count). The molecule has 1 saturated heterocycles. The van der Waals surface area contributed by atoms with Crippen molar-refractivity contribution in [1.29, 1.82) is 0 Å². The van der Waals surface area contributed by atoms with E-state index in [1.165, 1.54) is 0 Å². The molecule has 104 valence electrons. The van der Waals surface area contributed by atoms with Gasteiger partial charge in [0.25, 0.3) is 0 Å². The molecule has 1 aliphatic heterocycles. The number of nitrogens with one attached hydrogen (secondary N) is 2. The van der Waals surface area contributed by atoms with E-state index in [4.69, 9.17) is 23.2 Å². The van der Waals surface area contributed by atoms with E-state index < -0.39 is 0 Å². The van der Waals surface area contributed by atoms with E-state index in [0.717, 1.165) is 18.7 Å². The van der Waals surface area contributed by atoms with Gasteiger partial charge in [-0.1, -0.05) is 36.2 Å². The van der Waals surface area contributed by atoms with Crippen molar-refractivity contribution in [2.75, 3.05) is 13.1 Å². The summed E-state index contributed by atoms with van der Waals surface area (Å²) in [5, 5.41) is 7.30. The monoisotopic (exact) mass is 300 g/mol. The minimum atomic E-state index is -0.0740. The summed E-state index contributed by atoms with van der Waals surface area (Å²) in [6.07, 6.45) is 0. The Morgan fingerprint density at radius 3 is 2.68 bits per heavy atom. The second-order valence-corrected chi connectivity index (χ2v) is 5.96. The van der Waals surface area contributed by atoms with Gasteiger partial charge in [-0.05, 0) is 37.1 Å². The maximum absolute atomic E-state index is 12.2. The van der Waals surface area contributed by atoms with Crippen LogP contribution in [0.4, 0.5) is 0 Å². The van der Waals surface area contributed by atoms with Crippen molar-refractivity contribution in [3.63, 3.8) is 0 Å².